The van der Waals surface area contributed by atoms with Crippen molar-refractivity contribution in [2.75, 3.05) is 0 Å². The molecule has 0 atom stereocenters. The highest BCUT2D eigenvalue weighted by molar-refractivity contribution is 5.86. The predicted molar refractivity (Wildman–Crippen MR) is 78.4 cm³/mol. The van der Waals surface area contributed by atoms with Crippen LogP contribution in [0.15, 0.2) is 47.5 Å². The highest BCUT2D eigenvalue weighted by atomic mass is 19.4. The lowest BCUT2D eigenvalue weighted by molar-refractivity contribution is -0.384. The zero-order valence-corrected chi connectivity index (χ0v) is 12.2. The van der Waals surface area contributed by atoms with E-state index in [1.54, 1.807) is 0 Å². The number of rotatable bonds is 5. The van der Waals surface area contributed by atoms with Gasteiger partial charge < -0.3 is 4.74 Å². The fourth-order valence-electron chi connectivity index (χ4n) is 1.86. The Balaban J connectivity index is 2.39. The molecule has 2 aromatic rings. The fraction of sp³-hybridized carbons (Fsp3) is 0.133. The minimum absolute atomic E-state index is 0.107. The summed E-state index contributed by atoms with van der Waals surface area (Å²) in [6, 6.07) is 6.82. The number of benzene rings is 2. The van der Waals surface area contributed by atoms with Gasteiger partial charge in [-0.3, -0.25) is 15.1 Å². The first-order chi connectivity index (χ1) is 11.7. The van der Waals surface area contributed by atoms with Gasteiger partial charge in [-0.2, -0.15) is 22.0 Å². The number of hydrogen-bond acceptors (Lipinski definition) is 4. The van der Waals surface area contributed by atoms with Crippen molar-refractivity contribution < 1.29 is 31.6 Å². The van der Waals surface area contributed by atoms with Crippen LogP contribution in [0.2, 0.25) is 0 Å². The molecule has 2 aromatic carbocycles. The maximum atomic E-state index is 12.7. The van der Waals surface area contributed by atoms with Gasteiger partial charge >= 0.3 is 12.8 Å². The topological polar surface area (TPSA) is 64.7 Å². The van der Waals surface area contributed by atoms with Gasteiger partial charge in [0.1, 0.15) is 5.75 Å². The van der Waals surface area contributed by atoms with Crippen molar-refractivity contribution in [1.82, 2.24) is 0 Å². The highest BCUT2D eigenvalue weighted by Crippen LogP contribution is 2.31. The van der Waals surface area contributed by atoms with Crippen molar-refractivity contribution in [2.45, 2.75) is 12.8 Å². The summed E-state index contributed by atoms with van der Waals surface area (Å²) in [6.07, 6.45) is -3.65. The van der Waals surface area contributed by atoms with Crippen LogP contribution in [0.25, 0.3) is 0 Å². The van der Waals surface area contributed by atoms with Crippen LogP contribution < -0.4 is 4.74 Å². The molecule has 0 aliphatic carbocycles. The molecule has 0 radical (unpaired) electrons. The fourth-order valence-corrected chi connectivity index (χ4v) is 1.86. The summed E-state index contributed by atoms with van der Waals surface area (Å²) in [7, 11) is 0. The summed E-state index contributed by atoms with van der Waals surface area (Å²) in [5, 5.41) is 10.8. The molecule has 5 nitrogen and oxygen atoms in total. The first-order valence-electron chi connectivity index (χ1n) is 6.61. The second kappa shape index (κ2) is 7.24. The third-order valence-corrected chi connectivity index (χ3v) is 2.95. The largest absolute Gasteiger partial charge is 0.434 e. The third kappa shape index (κ3) is 4.96. The Labute approximate surface area is 137 Å². The number of nitro groups is 1. The van der Waals surface area contributed by atoms with E-state index in [0.717, 1.165) is 42.6 Å². The molecule has 0 N–H and O–H groups in total. The summed E-state index contributed by atoms with van der Waals surface area (Å²) in [5.74, 6) is -0.392. The maximum Gasteiger partial charge on any atom is 0.416 e. The molecule has 0 saturated heterocycles. The van der Waals surface area contributed by atoms with Crippen LogP contribution in [0.3, 0.4) is 0 Å². The van der Waals surface area contributed by atoms with Crippen molar-refractivity contribution in [3.63, 3.8) is 0 Å². The van der Waals surface area contributed by atoms with Crippen LogP contribution >= 0.6 is 0 Å². The van der Waals surface area contributed by atoms with Crippen molar-refractivity contribution in [3.05, 3.63) is 63.7 Å². The smallest absolute Gasteiger partial charge is 0.416 e. The molecule has 0 spiro atoms. The summed E-state index contributed by atoms with van der Waals surface area (Å²) in [4.78, 5) is 13.8. The van der Waals surface area contributed by atoms with Crippen molar-refractivity contribution in [1.29, 1.82) is 0 Å². The minimum Gasteiger partial charge on any atom is -0.434 e. The van der Waals surface area contributed by atoms with Crippen molar-refractivity contribution in [3.8, 4) is 5.75 Å². The molecule has 0 aliphatic heterocycles. The lowest BCUT2D eigenvalue weighted by Crippen LogP contribution is -2.05. The molecule has 0 aliphatic rings. The number of nitrogens with zero attached hydrogens (tertiary/aromatic N) is 2. The van der Waals surface area contributed by atoms with Crippen LogP contribution in [0, 0.1) is 10.1 Å². The monoisotopic (exact) mass is 360 g/mol. The Morgan fingerprint density at radius 3 is 2.48 bits per heavy atom. The van der Waals surface area contributed by atoms with Crippen LogP contribution in [0.5, 0.6) is 5.75 Å². The molecule has 2 rings (SSSR count). The molecule has 0 bridgehead atoms. The molecule has 0 aromatic heterocycles. The van der Waals surface area contributed by atoms with Gasteiger partial charge in [0, 0.05) is 23.9 Å². The molecular weight excluding hydrogens is 351 g/mol. The van der Waals surface area contributed by atoms with Crippen LogP contribution in [0.1, 0.15) is 11.1 Å². The summed E-state index contributed by atoms with van der Waals surface area (Å²) in [6.45, 7) is -3.18. The van der Waals surface area contributed by atoms with E-state index < -0.39 is 34.7 Å². The Morgan fingerprint density at radius 1 is 1.16 bits per heavy atom. The SMILES string of the molecule is O=[N+]([O-])c1ccc(OC(F)F)c(C=Nc2cccc(C(F)(F)F)c2)c1. The zero-order valence-electron chi connectivity index (χ0n) is 12.2. The molecule has 10 heteroatoms. The average molecular weight is 360 g/mol. The number of halogens is 5. The van der Waals surface area contributed by atoms with E-state index in [1.807, 2.05) is 0 Å². The standard InChI is InChI=1S/C15H9F5N2O3/c16-14(17)25-13-5-4-12(22(23)24)6-9(13)8-21-11-3-1-2-10(7-11)15(18,19)20/h1-8,14H. The van der Waals surface area contributed by atoms with E-state index in [4.69, 9.17) is 0 Å². The van der Waals surface area contributed by atoms with Crippen molar-refractivity contribution >= 4 is 17.6 Å². The zero-order chi connectivity index (χ0) is 18.6. The quantitative estimate of drug-likeness (QED) is 0.327. The van der Waals surface area contributed by atoms with E-state index >= 15 is 0 Å². The number of hydrogen-bond donors (Lipinski definition) is 0. The molecule has 0 fully saturated rings. The van der Waals surface area contributed by atoms with Gasteiger partial charge in [-0.05, 0) is 24.3 Å². The normalized spacial score (nSPS) is 11.9. The lowest BCUT2D eigenvalue weighted by atomic mass is 10.2. The molecule has 0 amide bonds. The minimum atomic E-state index is -4.57. The Kier molecular flexibility index (Phi) is 5.30. The molecule has 0 saturated carbocycles. The summed E-state index contributed by atoms with van der Waals surface area (Å²) >= 11 is 0. The number of aliphatic imine (C=N–C) groups is 1. The third-order valence-electron chi connectivity index (χ3n) is 2.95. The molecule has 132 valence electrons. The van der Waals surface area contributed by atoms with E-state index in [1.165, 1.54) is 6.07 Å². The van der Waals surface area contributed by atoms with Gasteiger partial charge in [0.2, 0.25) is 0 Å². The first kappa shape index (κ1) is 18.3. The Hall–Kier alpha value is -3.04. The van der Waals surface area contributed by atoms with Crippen LogP contribution in [-0.2, 0) is 6.18 Å². The Morgan fingerprint density at radius 2 is 1.88 bits per heavy atom. The second-order valence-corrected chi connectivity index (χ2v) is 4.66. The average Bonchev–Trinajstić information content (AvgIpc) is 2.52. The van der Waals surface area contributed by atoms with Gasteiger partial charge in [0.15, 0.2) is 0 Å². The van der Waals surface area contributed by atoms with E-state index in [9.17, 15) is 32.1 Å². The summed E-state index contributed by atoms with van der Waals surface area (Å²) < 4.78 is 66.9. The number of non-ortho nitro benzene ring substituents is 1. The van der Waals surface area contributed by atoms with Crippen LogP contribution in [0.4, 0.5) is 33.3 Å². The first-order valence-corrected chi connectivity index (χ1v) is 6.61. The van der Waals surface area contributed by atoms with Crippen LogP contribution in [-0.4, -0.2) is 17.7 Å². The van der Waals surface area contributed by atoms with Crippen molar-refractivity contribution in [2.24, 2.45) is 4.99 Å². The maximum absolute atomic E-state index is 12.7. The molecule has 0 heterocycles. The number of ether oxygens (including phenoxy) is 1. The molecule has 25 heavy (non-hydrogen) atoms. The van der Waals surface area contributed by atoms with Gasteiger partial charge in [0.05, 0.1) is 16.2 Å². The van der Waals surface area contributed by atoms with Gasteiger partial charge in [-0.15, -0.1) is 0 Å². The van der Waals surface area contributed by atoms with E-state index in [0.29, 0.717) is 0 Å². The second-order valence-electron chi connectivity index (χ2n) is 4.66. The van der Waals surface area contributed by atoms with Gasteiger partial charge in [0.25, 0.3) is 5.69 Å². The van der Waals surface area contributed by atoms with Gasteiger partial charge in [-0.25, -0.2) is 0 Å². The van der Waals surface area contributed by atoms with E-state index in [2.05, 4.69) is 9.73 Å². The Bertz CT molecular complexity index is 806. The molecule has 0 unspecified atom stereocenters. The molecular formula is C15H9F5N2O3. The summed E-state index contributed by atoms with van der Waals surface area (Å²) in [5.41, 5.74) is -1.63. The van der Waals surface area contributed by atoms with E-state index in [-0.39, 0.29) is 11.3 Å². The number of nitro benzene ring substituents is 1. The highest BCUT2D eigenvalue weighted by Gasteiger charge is 2.30. The predicted octanol–water partition coefficient (Wildman–Crippen LogP) is 4.97. The van der Waals surface area contributed by atoms with Gasteiger partial charge in [-0.1, -0.05) is 6.07 Å². The number of alkyl halides is 5. The lowest BCUT2D eigenvalue weighted by Gasteiger charge is -2.08.